The van der Waals surface area contributed by atoms with E-state index in [0.29, 0.717) is 25.2 Å². The second-order valence-electron chi connectivity index (χ2n) is 4.09. The molecule has 0 saturated carbocycles. The highest BCUT2D eigenvalue weighted by atomic mass is 16.6. The van der Waals surface area contributed by atoms with Crippen molar-refractivity contribution in [3.05, 3.63) is 39.9 Å². The largest absolute Gasteiger partial charge is 0.346 e. The maximum absolute atomic E-state index is 11.2. The lowest BCUT2D eigenvalue weighted by molar-refractivity contribution is -0.907. The molecule has 0 radical (unpaired) electrons. The number of carbonyl (C=O) groups is 1. The van der Waals surface area contributed by atoms with Crippen LogP contribution in [0.1, 0.15) is 5.56 Å². The van der Waals surface area contributed by atoms with Gasteiger partial charge in [-0.1, -0.05) is 12.1 Å². The van der Waals surface area contributed by atoms with Crippen LogP contribution in [0.2, 0.25) is 0 Å². The van der Waals surface area contributed by atoms with E-state index in [1.54, 1.807) is 18.2 Å². The van der Waals surface area contributed by atoms with Crippen molar-refractivity contribution in [2.75, 3.05) is 19.6 Å². The molecule has 0 bridgehead atoms. The second kappa shape index (κ2) is 4.92. The van der Waals surface area contributed by atoms with E-state index in [2.05, 4.69) is 5.32 Å². The first-order valence-corrected chi connectivity index (χ1v) is 5.49. The number of nitro benzene ring substituents is 1. The van der Waals surface area contributed by atoms with Crippen LogP contribution < -0.4 is 10.2 Å². The molecule has 1 aliphatic rings. The number of carbonyl (C=O) groups excluding carboxylic acids is 1. The zero-order valence-electron chi connectivity index (χ0n) is 9.31. The summed E-state index contributed by atoms with van der Waals surface area (Å²) in [7, 11) is 0. The lowest BCUT2D eigenvalue weighted by atomic mass is 10.1. The van der Waals surface area contributed by atoms with E-state index in [9.17, 15) is 14.9 Å². The van der Waals surface area contributed by atoms with Crippen LogP contribution in [0.3, 0.4) is 0 Å². The van der Waals surface area contributed by atoms with Gasteiger partial charge in [0.2, 0.25) is 0 Å². The van der Waals surface area contributed by atoms with Gasteiger partial charge in [-0.2, -0.15) is 0 Å². The summed E-state index contributed by atoms with van der Waals surface area (Å²) < 4.78 is 0. The lowest BCUT2D eigenvalue weighted by Crippen LogP contribution is -3.14. The first-order chi connectivity index (χ1) is 8.16. The summed E-state index contributed by atoms with van der Waals surface area (Å²) in [5.41, 5.74) is 0.813. The third-order valence-corrected chi connectivity index (χ3v) is 2.84. The van der Waals surface area contributed by atoms with Crippen molar-refractivity contribution in [2.45, 2.75) is 6.54 Å². The molecule has 1 amide bonds. The monoisotopic (exact) mass is 236 g/mol. The molecule has 1 heterocycles. The Morgan fingerprint density at radius 2 is 2.18 bits per heavy atom. The number of rotatable bonds is 3. The maximum Gasteiger partial charge on any atom is 0.278 e. The number of nitrogens with zero attached hydrogens (tertiary/aromatic N) is 1. The van der Waals surface area contributed by atoms with Crippen LogP contribution in [0.15, 0.2) is 24.3 Å². The number of piperazine rings is 1. The molecule has 0 spiro atoms. The molecule has 1 aliphatic heterocycles. The van der Waals surface area contributed by atoms with Gasteiger partial charge in [0.15, 0.2) is 6.54 Å². The molecule has 90 valence electrons. The smallest absolute Gasteiger partial charge is 0.278 e. The first-order valence-electron chi connectivity index (χ1n) is 5.49. The maximum atomic E-state index is 11.2. The van der Waals surface area contributed by atoms with Gasteiger partial charge < -0.3 is 10.2 Å². The van der Waals surface area contributed by atoms with Gasteiger partial charge >= 0.3 is 0 Å². The number of quaternary nitrogens is 1. The average molecular weight is 236 g/mol. The fraction of sp³-hybridized carbons (Fsp3) is 0.364. The van der Waals surface area contributed by atoms with Gasteiger partial charge in [-0.3, -0.25) is 14.9 Å². The molecular weight excluding hydrogens is 222 g/mol. The van der Waals surface area contributed by atoms with Crippen LogP contribution in [0.25, 0.3) is 0 Å². The Hall–Kier alpha value is -1.95. The molecule has 2 rings (SSSR count). The zero-order valence-corrected chi connectivity index (χ0v) is 9.31. The normalized spacial score (nSPS) is 19.8. The Morgan fingerprint density at radius 1 is 1.41 bits per heavy atom. The van der Waals surface area contributed by atoms with Gasteiger partial charge in [0.05, 0.1) is 23.6 Å². The van der Waals surface area contributed by atoms with Crippen molar-refractivity contribution in [3.8, 4) is 0 Å². The predicted octanol–water partition coefficient (Wildman–Crippen LogP) is -0.890. The lowest BCUT2D eigenvalue weighted by Gasteiger charge is -2.23. The molecule has 1 aromatic carbocycles. The minimum absolute atomic E-state index is 0.00448. The van der Waals surface area contributed by atoms with Crippen LogP contribution in [0, 0.1) is 10.1 Å². The molecule has 0 aliphatic carbocycles. The van der Waals surface area contributed by atoms with Gasteiger partial charge in [0, 0.05) is 6.07 Å². The van der Waals surface area contributed by atoms with Crippen LogP contribution in [-0.4, -0.2) is 30.5 Å². The summed E-state index contributed by atoms with van der Waals surface area (Å²) in [4.78, 5) is 22.7. The van der Waals surface area contributed by atoms with E-state index >= 15 is 0 Å². The van der Waals surface area contributed by atoms with Crippen molar-refractivity contribution < 1.29 is 14.6 Å². The summed E-state index contributed by atoms with van der Waals surface area (Å²) in [5.74, 6) is 0.00448. The van der Waals surface area contributed by atoms with Crippen LogP contribution in [-0.2, 0) is 11.3 Å². The molecular formula is C11H14N3O3+. The molecule has 2 N–H and O–H groups in total. The van der Waals surface area contributed by atoms with Gasteiger partial charge in [-0.15, -0.1) is 0 Å². The van der Waals surface area contributed by atoms with E-state index in [1.165, 1.54) is 6.07 Å². The highest BCUT2D eigenvalue weighted by Crippen LogP contribution is 2.16. The molecule has 0 aromatic heterocycles. The summed E-state index contributed by atoms with van der Waals surface area (Å²) in [6.07, 6.45) is 0. The van der Waals surface area contributed by atoms with E-state index in [4.69, 9.17) is 0 Å². The van der Waals surface area contributed by atoms with E-state index in [-0.39, 0.29) is 16.5 Å². The van der Waals surface area contributed by atoms with Crippen LogP contribution in [0.4, 0.5) is 5.69 Å². The van der Waals surface area contributed by atoms with Gasteiger partial charge in [-0.25, -0.2) is 0 Å². The Balaban J connectivity index is 2.12. The minimum atomic E-state index is -0.376. The van der Waals surface area contributed by atoms with Crippen molar-refractivity contribution >= 4 is 11.6 Å². The number of amides is 1. The number of nitrogens with one attached hydrogen (secondary N) is 2. The molecule has 17 heavy (non-hydrogen) atoms. The standard InChI is InChI=1S/C11H13N3O3/c15-11-8-13(6-5-12-11)7-9-3-1-2-4-10(9)14(16)17/h1-4H,5-8H2,(H,12,15)/p+1. The molecule has 6 heteroatoms. The van der Waals surface area contributed by atoms with Crippen molar-refractivity contribution in [3.63, 3.8) is 0 Å². The molecule has 6 nitrogen and oxygen atoms in total. The summed E-state index contributed by atoms with van der Waals surface area (Å²) in [5, 5.41) is 13.6. The highest BCUT2D eigenvalue weighted by molar-refractivity contribution is 5.77. The number of benzene rings is 1. The first kappa shape index (κ1) is 11.5. The Bertz CT molecular complexity index is 447. The molecule has 1 saturated heterocycles. The molecule has 1 unspecified atom stereocenters. The topological polar surface area (TPSA) is 76.7 Å². The molecule has 1 fully saturated rings. The number of nitro groups is 1. The van der Waals surface area contributed by atoms with Crippen LogP contribution in [0.5, 0.6) is 0 Å². The Labute approximate surface area is 98.4 Å². The number of para-hydroxylation sites is 1. The van der Waals surface area contributed by atoms with E-state index in [1.807, 2.05) is 0 Å². The van der Waals surface area contributed by atoms with Crippen molar-refractivity contribution in [1.29, 1.82) is 0 Å². The number of hydrogen-bond donors (Lipinski definition) is 2. The molecule has 1 atom stereocenters. The summed E-state index contributed by atoms with van der Waals surface area (Å²) in [6.45, 7) is 2.34. The summed E-state index contributed by atoms with van der Waals surface area (Å²) in [6, 6.07) is 6.68. The third-order valence-electron chi connectivity index (χ3n) is 2.84. The van der Waals surface area contributed by atoms with Crippen LogP contribution >= 0.6 is 0 Å². The fourth-order valence-corrected chi connectivity index (χ4v) is 2.02. The van der Waals surface area contributed by atoms with E-state index < -0.39 is 0 Å². The van der Waals surface area contributed by atoms with E-state index in [0.717, 1.165) is 11.4 Å². The van der Waals surface area contributed by atoms with Gasteiger partial charge in [0.1, 0.15) is 6.54 Å². The Morgan fingerprint density at radius 3 is 2.88 bits per heavy atom. The summed E-state index contributed by atoms with van der Waals surface area (Å²) >= 11 is 0. The predicted molar refractivity (Wildman–Crippen MR) is 60.5 cm³/mol. The second-order valence-corrected chi connectivity index (χ2v) is 4.09. The number of hydrogen-bond acceptors (Lipinski definition) is 3. The van der Waals surface area contributed by atoms with Gasteiger partial charge in [0.25, 0.3) is 11.6 Å². The van der Waals surface area contributed by atoms with Gasteiger partial charge in [-0.05, 0) is 6.07 Å². The SMILES string of the molecule is O=C1C[NH+](Cc2ccccc2[N+](=O)[O-])CCN1. The fourth-order valence-electron chi connectivity index (χ4n) is 2.02. The average Bonchev–Trinajstić information content (AvgIpc) is 2.29. The van der Waals surface area contributed by atoms with Crippen molar-refractivity contribution in [1.82, 2.24) is 5.32 Å². The highest BCUT2D eigenvalue weighted by Gasteiger charge is 2.23. The minimum Gasteiger partial charge on any atom is -0.346 e. The third kappa shape index (κ3) is 2.79. The Kier molecular flexibility index (Phi) is 3.34. The zero-order chi connectivity index (χ0) is 12.3. The quantitative estimate of drug-likeness (QED) is 0.528. The van der Waals surface area contributed by atoms with Crippen molar-refractivity contribution in [2.24, 2.45) is 0 Å². The molecule has 1 aromatic rings.